The van der Waals surface area contributed by atoms with Crippen LogP contribution in [0, 0.1) is 0 Å². The first-order valence-corrected chi connectivity index (χ1v) is 26.5. The first-order chi connectivity index (χ1) is 26.0. The summed E-state index contributed by atoms with van der Waals surface area (Å²) in [6.07, 6.45) is 0. The topological polar surface area (TPSA) is 109 Å². The molecule has 0 atom stereocenters. The summed E-state index contributed by atoms with van der Waals surface area (Å²) in [5.74, 6) is 1.65. The van der Waals surface area contributed by atoms with Gasteiger partial charge in [-0.3, -0.25) is 0 Å². The number of hydrogen-bond donors (Lipinski definition) is 2. The molecule has 285 valence electrons. The van der Waals surface area contributed by atoms with Gasteiger partial charge in [0.1, 0.15) is 22.6 Å². The zero-order chi connectivity index (χ0) is 39.3. The second kappa shape index (κ2) is 16.5. The van der Waals surface area contributed by atoms with Crippen molar-refractivity contribution in [2.75, 3.05) is 0 Å². The predicted octanol–water partition coefficient (Wildman–Crippen LogP) is 18.3. The molecule has 0 saturated heterocycles. The molecule has 5 heterocycles. The minimum Gasteiger partial charge on any atom is -0.324 e. The molecule has 0 amide bonds. The molecule has 0 fully saturated rings. The summed E-state index contributed by atoms with van der Waals surface area (Å²) in [6.45, 7) is 0. The van der Waals surface area contributed by atoms with Gasteiger partial charge in [-0.1, -0.05) is 0 Å². The third-order valence-electron chi connectivity index (χ3n) is 8.59. The van der Waals surface area contributed by atoms with Crippen LogP contribution in [0.1, 0.15) is 0 Å². The summed E-state index contributed by atoms with van der Waals surface area (Å²) in [4.78, 5) is 38.1. The molecule has 0 saturated carbocycles. The Bertz CT molecular complexity index is 3170. The third kappa shape index (κ3) is 6.77. The Labute approximate surface area is 451 Å². The van der Waals surface area contributed by atoms with Gasteiger partial charge in [-0.15, -0.1) is 0 Å². The number of rotatable bonds is 0. The summed E-state index contributed by atoms with van der Waals surface area (Å²) in [5.41, 5.74) is 4.91. The SMILES string of the molecule is Brc1cc2c(c(Br)c1Br)-c1nc-2nc2[nH]c(nc3nc(nc4[nH]c(n1)c1c(Br)c(Br)c(Br)c(Br)c41)-c1c(Br)c(Br)c(Br)c(Br)c1-3)c1c(Br)c(Br)c(Br)c(Br)c21.[Cu+2]. The van der Waals surface area contributed by atoms with E-state index in [4.69, 9.17) is 29.9 Å². The Kier molecular flexibility index (Phi) is 13.1. The van der Waals surface area contributed by atoms with E-state index in [0.717, 1.165) is 111 Å². The van der Waals surface area contributed by atoms with Crippen LogP contribution in [0.25, 0.3) is 89.7 Å². The summed E-state index contributed by atoms with van der Waals surface area (Å²) in [7, 11) is 0. The zero-order valence-corrected chi connectivity index (χ0v) is 50.5. The van der Waals surface area contributed by atoms with E-state index in [9.17, 15) is 0 Å². The van der Waals surface area contributed by atoms with Crippen LogP contribution in [0.4, 0.5) is 0 Å². The van der Waals surface area contributed by atoms with Gasteiger partial charge < -0.3 is 9.97 Å². The standard InChI is InChI=1S/C32H3Br15N8.Cu/c33-3-1-2-4(12(35)11(3)34)26-48-25(2)49-27-5-6(14(37)20(43)19(42)13(5)36)29(51-27)53-31-9-10(18(41)24(47)23(46)17(9)40)32(55-31)54-30-8-7(28(50-26)52-30)15(38)21(44)22(45)16(8)39;/h1H,(H2,48,49,50,51,52,53,54,55);/q;+2. The molecule has 8 nitrogen and oxygen atoms in total. The zero-order valence-electron chi connectivity index (χ0n) is 25.7. The number of fused-ring (bicyclic) bond motifs is 20. The number of nitrogens with one attached hydrogen (secondary N) is 2. The maximum Gasteiger partial charge on any atom is 2.00 e. The molecule has 7 aromatic rings. The molecular weight excluding hydrogens is 1760 g/mol. The Morgan fingerprint density at radius 1 is 0.304 bits per heavy atom. The van der Waals surface area contributed by atoms with Gasteiger partial charge in [-0.05, 0) is 245 Å². The van der Waals surface area contributed by atoms with Crippen molar-refractivity contribution in [2.24, 2.45) is 0 Å². The Morgan fingerprint density at radius 3 is 0.964 bits per heavy atom. The molecule has 0 unspecified atom stereocenters. The first kappa shape index (κ1) is 44.6. The van der Waals surface area contributed by atoms with E-state index in [0.29, 0.717) is 45.9 Å². The fourth-order valence-corrected chi connectivity index (χ4v) is 15.3. The van der Waals surface area contributed by atoms with Crippen molar-refractivity contribution in [3.8, 4) is 45.6 Å². The maximum atomic E-state index is 5.23. The molecular formula is C32H3Br15CuN8+2. The van der Waals surface area contributed by atoms with Crippen molar-refractivity contribution in [1.82, 2.24) is 39.9 Å². The number of aromatic amines is 2. The number of halogens is 15. The predicted molar refractivity (Wildman–Crippen MR) is 272 cm³/mol. The van der Waals surface area contributed by atoms with Gasteiger partial charge in [0.25, 0.3) is 0 Å². The smallest absolute Gasteiger partial charge is 0.324 e. The molecule has 3 aromatic heterocycles. The third-order valence-corrected chi connectivity index (χ3v) is 26.2. The number of benzene rings is 4. The molecule has 9 rings (SSSR count). The van der Waals surface area contributed by atoms with Crippen molar-refractivity contribution >= 4 is 283 Å². The fourth-order valence-electron chi connectivity index (χ4n) is 6.18. The Morgan fingerprint density at radius 2 is 0.589 bits per heavy atom. The van der Waals surface area contributed by atoms with Crippen LogP contribution in [0.2, 0.25) is 0 Å². The van der Waals surface area contributed by atoms with Crippen LogP contribution in [0.3, 0.4) is 0 Å². The van der Waals surface area contributed by atoms with Crippen molar-refractivity contribution in [3.05, 3.63) is 73.2 Å². The Balaban J connectivity index is 0.00000441. The van der Waals surface area contributed by atoms with Gasteiger partial charge in [0, 0.05) is 111 Å². The van der Waals surface area contributed by atoms with E-state index in [-0.39, 0.29) is 17.1 Å². The van der Waals surface area contributed by atoms with Crippen LogP contribution in [0.15, 0.2) is 73.2 Å². The maximum absolute atomic E-state index is 5.23. The van der Waals surface area contributed by atoms with Crippen LogP contribution >= 0.6 is 239 Å². The molecule has 4 aromatic carbocycles. The van der Waals surface area contributed by atoms with Gasteiger partial charge in [0.05, 0.1) is 0 Å². The van der Waals surface area contributed by atoms with Crippen LogP contribution in [0.5, 0.6) is 0 Å². The summed E-state index contributed by atoms with van der Waals surface area (Å²) >= 11 is 56.8. The number of hydrogen-bond acceptors (Lipinski definition) is 6. The molecule has 2 N–H and O–H groups in total. The monoisotopic (exact) mass is 1750 g/mol. The molecule has 24 heteroatoms. The van der Waals surface area contributed by atoms with E-state index in [1.165, 1.54) is 0 Å². The van der Waals surface area contributed by atoms with Gasteiger partial charge >= 0.3 is 17.1 Å². The number of aromatic nitrogens is 8. The largest absolute Gasteiger partial charge is 2.00 e. The number of nitrogens with zero attached hydrogens (tertiary/aromatic N) is 6. The summed E-state index contributed by atoms with van der Waals surface area (Å²) < 4.78 is 11.5. The van der Waals surface area contributed by atoms with Crippen molar-refractivity contribution in [2.45, 2.75) is 0 Å². The molecule has 1 radical (unpaired) electrons. The van der Waals surface area contributed by atoms with E-state index in [2.05, 4.69) is 249 Å². The van der Waals surface area contributed by atoms with Crippen LogP contribution in [-0.2, 0) is 17.1 Å². The average Bonchev–Trinajstić information content (AvgIpc) is 3.89. The Hall–Kier alpha value is 1.96. The van der Waals surface area contributed by atoms with Crippen molar-refractivity contribution in [1.29, 1.82) is 0 Å². The van der Waals surface area contributed by atoms with Crippen LogP contribution < -0.4 is 0 Å². The fraction of sp³-hybridized carbons (Fsp3) is 0. The van der Waals surface area contributed by atoms with E-state index >= 15 is 0 Å². The van der Waals surface area contributed by atoms with E-state index < -0.39 is 0 Å². The molecule has 2 aliphatic rings. The summed E-state index contributed by atoms with van der Waals surface area (Å²) in [6, 6.07) is 1.97. The van der Waals surface area contributed by atoms with Crippen molar-refractivity contribution < 1.29 is 17.1 Å². The molecule has 2 aliphatic heterocycles. The van der Waals surface area contributed by atoms with Gasteiger partial charge in [-0.25, -0.2) is 29.9 Å². The van der Waals surface area contributed by atoms with E-state index in [1.54, 1.807) is 0 Å². The second-order valence-corrected chi connectivity index (χ2v) is 23.5. The quantitative estimate of drug-likeness (QED) is 0.0889. The molecule has 56 heavy (non-hydrogen) atoms. The minimum atomic E-state index is 0. The van der Waals surface area contributed by atoms with Gasteiger partial charge in [0.2, 0.25) is 0 Å². The van der Waals surface area contributed by atoms with Crippen LogP contribution in [-0.4, -0.2) is 39.9 Å². The van der Waals surface area contributed by atoms with Gasteiger partial charge in [-0.2, -0.15) is 0 Å². The minimum absolute atomic E-state index is 0. The normalized spacial score (nSPS) is 12.1. The average molecular weight is 1760 g/mol. The second-order valence-electron chi connectivity index (χ2n) is 11.5. The molecule has 0 aliphatic carbocycles. The molecule has 8 bridgehead atoms. The van der Waals surface area contributed by atoms with Crippen molar-refractivity contribution in [3.63, 3.8) is 0 Å². The summed E-state index contributed by atoms with van der Waals surface area (Å²) in [5, 5.41) is 3.00. The van der Waals surface area contributed by atoms with E-state index in [1.807, 2.05) is 6.07 Å². The van der Waals surface area contributed by atoms with Gasteiger partial charge in [0.15, 0.2) is 23.3 Å². The molecule has 0 spiro atoms. The first-order valence-electron chi connectivity index (χ1n) is 14.6. The number of H-pyrrole nitrogens is 2.